The van der Waals surface area contributed by atoms with E-state index in [1.807, 2.05) is 56.3 Å². The molecule has 0 radical (unpaired) electrons. The molecule has 174 valence electrons. The molecule has 6 nitrogen and oxygen atoms in total. The van der Waals surface area contributed by atoms with E-state index in [-0.39, 0.29) is 23.9 Å². The fraction of sp³-hybridized carbons (Fsp3) is 0.179. The zero-order valence-electron chi connectivity index (χ0n) is 19.3. The third-order valence-corrected chi connectivity index (χ3v) is 6.92. The molecule has 35 heavy (non-hydrogen) atoms. The average Bonchev–Trinajstić information content (AvgIpc) is 3.40. The number of nitrogen functional groups attached to an aromatic ring is 1. The van der Waals surface area contributed by atoms with Gasteiger partial charge in [-0.15, -0.1) is 0 Å². The summed E-state index contributed by atoms with van der Waals surface area (Å²) in [6.45, 7) is 4.22. The maximum Gasteiger partial charge on any atom is 0.251 e. The molecule has 0 saturated carbocycles. The second-order valence-corrected chi connectivity index (χ2v) is 9.05. The highest BCUT2D eigenvalue weighted by molar-refractivity contribution is 5.94. The van der Waals surface area contributed by atoms with Crippen molar-refractivity contribution in [2.45, 2.75) is 32.6 Å². The Morgan fingerprint density at radius 3 is 2.51 bits per heavy atom. The van der Waals surface area contributed by atoms with Crippen LogP contribution in [0.4, 0.5) is 10.2 Å². The van der Waals surface area contributed by atoms with Crippen LogP contribution >= 0.6 is 0 Å². The first-order chi connectivity index (χ1) is 16.9. The molecule has 1 amide bonds. The summed E-state index contributed by atoms with van der Waals surface area (Å²) in [5, 5.41) is 3.00. The van der Waals surface area contributed by atoms with Gasteiger partial charge in [-0.2, -0.15) is 0 Å². The standard InChI is InChI=1S/C28H23FN4O2/c1-14-9-25(30)33-15(2)22(14)13-32-28(34)17-4-6-19-21(11-17)27-18-5-3-16(10-20(18)26(19)35-27)23-12-31-8-7-24(23)29/h3-12,26-27H,13H2,1-2H3,(H2,30,33)(H,32,34). The molecule has 3 N–H and O–H groups in total. The number of amides is 1. The predicted molar refractivity (Wildman–Crippen MR) is 130 cm³/mol. The lowest BCUT2D eigenvalue weighted by Gasteiger charge is -2.18. The molecular formula is C28H23FN4O2. The summed E-state index contributed by atoms with van der Waals surface area (Å²) in [6, 6.07) is 14.7. The van der Waals surface area contributed by atoms with Crippen LogP contribution in [-0.2, 0) is 11.3 Å². The molecule has 2 bridgehead atoms. The summed E-state index contributed by atoms with van der Waals surface area (Å²) in [7, 11) is 0. The minimum absolute atomic E-state index is 0.158. The smallest absolute Gasteiger partial charge is 0.251 e. The number of aromatic nitrogens is 2. The molecule has 2 aliphatic rings. The van der Waals surface area contributed by atoms with Crippen molar-refractivity contribution in [3.8, 4) is 11.1 Å². The van der Waals surface area contributed by atoms with Gasteiger partial charge in [-0.3, -0.25) is 9.78 Å². The van der Waals surface area contributed by atoms with Crippen molar-refractivity contribution in [2.24, 2.45) is 0 Å². The first-order valence-corrected chi connectivity index (χ1v) is 11.4. The van der Waals surface area contributed by atoms with Crippen LogP contribution in [-0.4, -0.2) is 15.9 Å². The first kappa shape index (κ1) is 21.4. The number of pyridine rings is 2. The van der Waals surface area contributed by atoms with E-state index in [0.29, 0.717) is 23.5 Å². The third kappa shape index (κ3) is 3.47. The molecule has 2 unspecified atom stereocenters. The minimum Gasteiger partial charge on any atom is -0.384 e. The average molecular weight is 467 g/mol. The summed E-state index contributed by atoms with van der Waals surface area (Å²) in [5.74, 6) is 0.00997. The highest BCUT2D eigenvalue weighted by atomic mass is 19.1. The van der Waals surface area contributed by atoms with Gasteiger partial charge in [0.15, 0.2) is 0 Å². The van der Waals surface area contributed by atoms with Crippen molar-refractivity contribution < 1.29 is 13.9 Å². The lowest BCUT2D eigenvalue weighted by molar-refractivity contribution is 0.0857. The zero-order chi connectivity index (χ0) is 24.3. The van der Waals surface area contributed by atoms with E-state index in [0.717, 1.165) is 44.6 Å². The largest absolute Gasteiger partial charge is 0.384 e. The monoisotopic (exact) mass is 466 g/mol. The number of anilines is 1. The number of fused-ring (bicyclic) bond motifs is 8. The van der Waals surface area contributed by atoms with Crippen molar-refractivity contribution in [3.05, 3.63) is 111 Å². The molecule has 0 fully saturated rings. The number of nitrogens with one attached hydrogen (secondary N) is 1. The number of carbonyl (C=O) groups is 1. The summed E-state index contributed by atoms with van der Waals surface area (Å²) < 4.78 is 20.6. The second kappa shape index (κ2) is 7.99. The van der Waals surface area contributed by atoms with E-state index >= 15 is 0 Å². The van der Waals surface area contributed by atoms with Crippen molar-refractivity contribution >= 4 is 11.7 Å². The Balaban J connectivity index is 1.25. The van der Waals surface area contributed by atoms with Crippen LogP contribution in [0.5, 0.6) is 0 Å². The SMILES string of the molecule is Cc1cc(N)nc(C)c1CNC(=O)c1ccc2c(c1)C1OC2c2cc(-c3cnccc3F)ccc21. The highest BCUT2D eigenvalue weighted by Crippen LogP contribution is 2.54. The molecule has 2 aliphatic heterocycles. The topological polar surface area (TPSA) is 90.1 Å². The van der Waals surface area contributed by atoms with Gasteiger partial charge < -0.3 is 15.8 Å². The number of hydrogen-bond acceptors (Lipinski definition) is 5. The van der Waals surface area contributed by atoms with Gasteiger partial charge in [0.25, 0.3) is 5.91 Å². The Labute approximate surface area is 202 Å². The maximum absolute atomic E-state index is 14.3. The summed E-state index contributed by atoms with van der Waals surface area (Å²) in [5.41, 5.74) is 14.5. The minimum atomic E-state index is -0.305. The van der Waals surface area contributed by atoms with Crippen LogP contribution < -0.4 is 11.1 Å². The Morgan fingerprint density at radius 2 is 1.77 bits per heavy atom. The lowest BCUT2D eigenvalue weighted by atomic mass is 9.84. The molecule has 4 aromatic rings. The van der Waals surface area contributed by atoms with Crippen LogP contribution in [0, 0.1) is 19.7 Å². The summed E-state index contributed by atoms with van der Waals surface area (Å²) >= 11 is 0. The number of carbonyl (C=O) groups excluding carboxylic acids is 1. The van der Waals surface area contributed by atoms with E-state index in [1.165, 1.54) is 18.5 Å². The highest BCUT2D eigenvalue weighted by Gasteiger charge is 2.43. The van der Waals surface area contributed by atoms with Crippen LogP contribution in [0.1, 0.15) is 61.6 Å². The predicted octanol–water partition coefficient (Wildman–Crippen LogP) is 4.93. The molecule has 0 spiro atoms. The number of nitrogens with zero attached hydrogens (tertiary/aromatic N) is 2. The van der Waals surface area contributed by atoms with E-state index < -0.39 is 0 Å². The zero-order valence-corrected chi connectivity index (χ0v) is 19.3. The van der Waals surface area contributed by atoms with Crippen molar-refractivity contribution in [1.82, 2.24) is 15.3 Å². The van der Waals surface area contributed by atoms with E-state index in [9.17, 15) is 9.18 Å². The third-order valence-electron chi connectivity index (χ3n) is 6.92. The summed E-state index contributed by atoms with van der Waals surface area (Å²) in [6.07, 6.45) is 2.51. The summed E-state index contributed by atoms with van der Waals surface area (Å²) in [4.78, 5) is 21.3. The number of ether oxygens (including phenoxy) is 1. The molecule has 4 heterocycles. The van der Waals surface area contributed by atoms with Gasteiger partial charge in [0, 0.05) is 35.8 Å². The number of nitrogens with two attached hydrogens (primary N) is 1. The van der Waals surface area contributed by atoms with Crippen LogP contribution in [0.25, 0.3) is 11.1 Å². The lowest BCUT2D eigenvalue weighted by Crippen LogP contribution is -2.24. The van der Waals surface area contributed by atoms with Crippen molar-refractivity contribution in [1.29, 1.82) is 0 Å². The van der Waals surface area contributed by atoms with Gasteiger partial charge in [0.05, 0.1) is 0 Å². The van der Waals surface area contributed by atoms with Crippen LogP contribution in [0.15, 0.2) is 60.9 Å². The molecular weight excluding hydrogens is 443 g/mol. The van der Waals surface area contributed by atoms with Crippen molar-refractivity contribution in [2.75, 3.05) is 5.73 Å². The Kier molecular flexibility index (Phi) is 4.89. The Morgan fingerprint density at radius 1 is 1.03 bits per heavy atom. The molecule has 2 aromatic carbocycles. The Bertz CT molecular complexity index is 1490. The van der Waals surface area contributed by atoms with E-state index in [4.69, 9.17) is 10.5 Å². The van der Waals surface area contributed by atoms with Crippen LogP contribution in [0.2, 0.25) is 0 Å². The number of rotatable bonds is 4. The fourth-order valence-corrected chi connectivity index (χ4v) is 5.17. The van der Waals surface area contributed by atoms with Crippen LogP contribution in [0.3, 0.4) is 0 Å². The number of aryl methyl sites for hydroxylation is 2. The fourth-order valence-electron chi connectivity index (χ4n) is 5.17. The van der Waals surface area contributed by atoms with Crippen molar-refractivity contribution in [3.63, 3.8) is 0 Å². The molecule has 0 saturated heterocycles. The van der Waals surface area contributed by atoms with Gasteiger partial charge in [0.2, 0.25) is 0 Å². The van der Waals surface area contributed by atoms with Gasteiger partial charge in [0.1, 0.15) is 23.8 Å². The first-order valence-electron chi connectivity index (χ1n) is 11.4. The van der Waals surface area contributed by atoms with Gasteiger partial charge in [-0.1, -0.05) is 18.2 Å². The number of hydrogen-bond donors (Lipinski definition) is 2. The molecule has 2 aromatic heterocycles. The van der Waals surface area contributed by atoms with Gasteiger partial charge >= 0.3 is 0 Å². The normalized spacial score (nSPS) is 17.2. The molecule has 0 aliphatic carbocycles. The molecule has 6 rings (SSSR count). The quantitative estimate of drug-likeness (QED) is 0.445. The second-order valence-electron chi connectivity index (χ2n) is 9.05. The van der Waals surface area contributed by atoms with Gasteiger partial charge in [-0.25, -0.2) is 9.37 Å². The Hall–Kier alpha value is -4.10. The number of halogens is 1. The number of benzene rings is 2. The molecule has 7 heteroatoms. The maximum atomic E-state index is 14.3. The molecule has 2 atom stereocenters. The van der Waals surface area contributed by atoms with E-state index in [1.54, 1.807) is 0 Å². The van der Waals surface area contributed by atoms with Gasteiger partial charge in [-0.05, 0) is 83.1 Å². The van der Waals surface area contributed by atoms with E-state index in [2.05, 4.69) is 15.3 Å².